The Balaban J connectivity index is 1.47. The summed E-state index contributed by atoms with van der Waals surface area (Å²) in [6.45, 7) is 0. The fourth-order valence-electron chi connectivity index (χ4n) is 2.67. The zero-order valence-electron chi connectivity index (χ0n) is 13.2. The average molecular weight is 412 g/mol. The van der Waals surface area contributed by atoms with E-state index in [2.05, 4.69) is 31.2 Å². The zero-order chi connectivity index (χ0) is 16.9. The number of nitrogens with one attached hydrogen (secondary N) is 1. The number of hydrogen-bond acceptors (Lipinski definition) is 6. The molecular weight excluding hydrogens is 394 g/mol. The molecule has 0 unspecified atom stereocenters. The Hall–Kier alpha value is -1.67. The summed E-state index contributed by atoms with van der Waals surface area (Å²) in [4.78, 5) is 21.2. The highest BCUT2D eigenvalue weighted by atomic mass is 79.9. The van der Waals surface area contributed by atoms with Gasteiger partial charge < -0.3 is 14.8 Å². The molecule has 0 bridgehead atoms. The van der Waals surface area contributed by atoms with Gasteiger partial charge >= 0.3 is 0 Å². The van der Waals surface area contributed by atoms with Gasteiger partial charge in [-0.15, -0.1) is 11.3 Å². The molecule has 24 heavy (non-hydrogen) atoms. The van der Waals surface area contributed by atoms with Crippen LogP contribution in [0.4, 0.5) is 0 Å². The molecular formula is C16H18BrN3O3S. The number of amides is 1. The normalized spacial score (nSPS) is 20.4. The lowest BCUT2D eigenvalue weighted by atomic mass is 9.93. The van der Waals surface area contributed by atoms with Crippen molar-refractivity contribution in [3.63, 3.8) is 0 Å². The smallest absolute Gasteiger partial charge is 0.261 e. The van der Waals surface area contributed by atoms with Crippen LogP contribution in [0.5, 0.6) is 11.8 Å². The highest BCUT2D eigenvalue weighted by molar-refractivity contribution is 9.10. The Morgan fingerprint density at radius 3 is 2.71 bits per heavy atom. The summed E-state index contributed by atoms with van der Waals surface area (Å²) in [5.74, 6) is 0.912. The summed E-state index contributed by atoms with van der Waals surface area (Å²) in [5.41, 5.74) is 0. The van der Waals surface area contributed by atoms with Gasteiger partial charge in [0, 0.05) is 15.9 Å². The largest absolute Gasteiger partial charge is 0.480 e. The number of hydrogen-bond donors (Lipinski definition) is 1. The minimum atomic E-state index is -0.00580. The molecule has 1 saturated carbocycles. The third kappa shape index (κ3) is 4.45. The lowest BCUT2D eigenvalue weighted by Gasteiger charge is -2.29. The van der Waals surface area contributed by atoms with Gasteiger partial charge in [-0.1, -0.05) is 0 Å². The third-order valence-corrected chi connectivity index (χ3v) is 5.58. The molecule has 0 saturated heterocycles. The second-order valence-electron chi connectivity index (χ2n) is 5.59. The van der Waals surface area contributed by atoms with Gasteiger partial charge in [0.2, 0.25) is 11.8 Å². The summed E-state index contributed by atoms with van der Waals surface area (Å²) in [7, 11) is 1.55. The minimum absolute atomic E-state index is 0.00580. The number of carbonyl (C=O) groups excluding carboxylic acids is 1. The van der Waals surface area contributed by atoms with Crippen LogP contribution in [0.3, 0.4) is 0 Å². The van der Waals surface area contributed by atoms with Gasteiger partial charge in [0.25, 0.3) is 5.91 Å². The van der Waals surface area contributed by atoms with E-state index >= 15 is 0 Å². The van der Waals surface area contributed by atoms with Crippen molar-refractivity contribution in [2.24, 2.45) is 0 Å². The Bertz CT molecular complexity index is 701. The molecule has 1 aliphatic carbocycles. The maximum absolute atomic E-state index is 12.2. The summed E-state index contributed by atoms with van der Waals surface area (Å²) >= 11 is 4.81. The first-order valence-electron chi connectivity index (χ1n) is 7.71. The summed E-state index contributed by atoms with van der Waals surface area (Å²) in [6, 6.07) is 2.03. The fraction of sp³-hybridized carbons (Fsp3) is 0.438. The van der Waals surface area contributed by atoms with Gasteiger partial charge in [-0.3, -0.25) is 9.78 Å². The predicted octanol–water partition coefficient (Wildman–Crippen LogP) is 3.43. The lowest BCUT2D eigenvalue weighted by Crippen LogP contribution is -2.39. The van der Waals surface area contributed by atoms with Crippen molar-refractivity contribution in [2.75, 3.05) is 7.11 Å². The molecule has 0 aromatic carbocycles. The average Bonchev–Trinajstić information content (AvgIpc) is 3.03. The van der Waals surface area contributed by atoms with Crippen molar-refractivity contribution in [1.82, 2.24) is 15.3 Å². The minimum Gasteiger partial charge on any atom is -0.480 e. The number of halogens is 1. The molecule has 0 atom stereocenters. The first kappa shape index (κ1) is 17.2. The highest BCUT2D eigenvalue weighted by Crippen LogP contribution is 2.25. The number of carbonyl (C=O) groups is 1. The van der Waals surface area contributed by atoms with E-state index < -0.39 is 0 Å². The van der Waals surface area contributed by atoms with Gasteiger partial charge in [0.1, 0.15) is 6.10 Å². The van der Waals surface area contributed by atoms with Crippen LogP contribution in [-0.4, -0.2) is 35.1 Å². The maximum Gasteiger partial charge on any atom is 0.261 e. The molecule has 1 aliphatic rings. The van der Waals surface area contributed by atoms with Crippen molar-refractivity contribution in [1.29, 1.82) is 0 Å². The third-order valence-electron chi connectivity index (χ3n) is 3.89. The molecule has 0 spiro atoms. The molecule has 3 rings (SSSR count). The van der Waals surface area contributed by atoms with Crippen LogP contribution in [0.25, 0.3) is 0 Å². The summed E-state index contributed by atoms with van der Waals surface area (Å²) in [6.07, 6.45) is 6.75. The highest BCUT2D eigenvalue weighted by Gasteiger charge is 2.24. The topological polar surface area (TPSA) is 73.3 Å². The fourth-order valence-corrected chi connectivity index (χ4v) is 4.00. The number of thiophene rings is 1. The predicted molar refractivity (Wildman–Crippen MR) is 94.7 cm³/mol. The molecule has 2 aromatic heterocycles. The van der Waals surface area contributed by atoms with Crippen LogP contribution in [0.2, 0.25) is 0 Å². The van der Waals surface area contributed by atoms with Crippen LogP contribution in [0.1, 0.15) is 35.4 Å². The van der Waals surface area contributed by atoms with Gasteiger partial charge in [-0.25, -0.2) is 0 Å². The SMILES string of the molecule is COc1cncc(OC2CCC(NC(=O)c3cc(Br)cs3)CC2)n1. The second-order valence-corrected chi connectivity index (χ2v) is 7.42. The van der Waals surface area contributed by atoms with E-state index in [4.69, 9.17) is 9.47 Å². The van der Waals surface area contributed by atoms with E-state index in [0.717, 1.165) is 35.0 Å². The number of nitrogens with zero attached hydrogens (tertiary/aromatic N) is 2. The van der Waals surface area contributed by atoms with Gasteiger partial charge in [0.15, 0.2) is 0 Å². The second kappa shape index (κ2) is 7.94. The van der Waals surface area contributed by atoms with E-state index in [9.17, 15) is 4.79 Å². The quantitative estimate of drug-likeness (QED) is 0.815. The Morgan fingerprint density at radius 1 is 1.29 bits per heavy atom. The monoisotopic (exact) mass is 411 g/mol. The Labute approximate surface area is 152 Å². The zero-order valence-corrected chi connectivity index (χ0v) is 15.6. The van der Waals surface area contributed by atoms with Crippen molar-refractivity contribution >= 4 is 33.2 Å². The molecule has 2 heterocycles. The summed E-state index contributed by atoms with van der Waals surface area (Å²) < 4.78 is 11.9. The van der Waals surface area contributed by atoms with Gasteiger partial charge in [0.05, 0.1) is 24.4 Å². The number of methoxy groups -OCH3 is 1. The molecule has 0 radical (unpaired) electrons. The molecule has 8 heteroatoms. The van der Waals surface area contributed by atoms with E-state index in [1.54, 1.807) is 19.5 Å². The maximum atomic E-state index is 12.2. The van der Waals surface area contributed by atoms with Gasteiger partial charge in [-0.2, -0.15) is 4.98 Å². The molecule has 1 fully saturated rings. The van der Waals surface area contributed by atoms with Crippen LogP contribution in [-0.2, 0) is 0 Å². The Morgan fingerprint density at radius 2 is 2.04 bits per heavy atom. The number of ether oxygens (including phenoxy) is 2. The first-order chi connectivity index (χ1) is 11.6. The molecule has 1 N–H and O–H groups in total. The van der Waals surface area contributed by atoms with E-state index in [-0.39, 0.29) is 18.1 Å². The number of rotatable bonds is 5. The van der Waals surface area contributed by atoms with Crippen molar-refractivity contribution < 1.29 is 14.3 Å². The molecule has 1 amide bonds. The van der Waals surface area contributed by atoms with Crippen molar-refractivity contribution in [2.45, 2.75) is 37.8 Å². The van der Waals surface area contributed by atoms with Gasteiger partial charge in [-0.05, 0) is 47.7 Å². The van der Waals surface area contributed by atoms with E-state index in [1.165, 1.54) is 11.3 Å². The van der Waals surface area contributed by atoms with Crippen molar-refractivity contribution in [3.05, 3.63) is 33.2 Å². The molecule has 128 valence electrons. The Kier molecular flexibility index (Phi) is 5.68. The summed E-state index contributed by atoms with van der Waals surface area (Å²) in [5, 5.41) is 5.01. The molecule has 6 nitrogen and oxygen atoms in total. The first-order valence-corrected chi connectivity index (χ1v) is 9.39. The number of aromatic nitrogens is 2. The van der Waals surface area contributed by atoms with Crippen LogP contribution in [0, 0.1) is 0 Å². The van der Waals surface area contributed by atoms with Crippen LogP contribution < -0.4 is 14.8 Å². The van der Waals surface area contributed by atoms with E-state index in [0.29, 0.717) is 11.8 Å². The van der Waals surface area contributed by atoms with Crippen molar-refractivity contribution in [3.8, 4) is 11.8 Å². The lowest BCUT2D eigenvalue weighted by molar-refractivity contribution is 0.0893. The van der Waals surface area contributed by atoms with Crippen LogP contribution >= 0.6 is 27.3 Å². The van der Waals surface area contributed by atoms with E-state index in [1.807, 2.05) is 11.4 Å². The molecule has 0 aliphatic heterocycles. The standard InChI is InChI=1S/C16H18BrN3O3S/c1-22-14-7-18-8-15(20-14)23-12-4-2-11(3-5-12)19-16(21)13-6-10(17)9-24-13/h6-9,11-12H,2-5H2,1H3,(H,19,21). The van der Waals surface area contributed by atoms with Crippen LogP contribution in [0.15, 0.2) is 28.3 Å². The molecule has 2 aromatic rings.